The molecule has 2 rings (SSSR count). The Hall–Kier alpha value is -2.46. The second kappa shape index (κ2) is 11.8. The van der Waals surface area contributed by atoms with Crippen LogP contribution in [0.25, 0.3) is 0 Å². The predicted molar refractivity (Wildman–Crippen MR) is 126 cm³/mol. The van der Waals surface area contributed by atoms with Crippen LogP contribution in [0.5, 0.6) is 28.7 Å². The molecule has 31 heavy (non-hydrogen) atoms. The van der Waals surface area contributed by atoms with Gasteiger partial charge in [-0.3, -0.25) is 4.79 Å². The number of rotatable bonds is 12. The monoisotopic (exact) mass is 448 g/mol. The molecule has 0 spiro atoms. The molecule has 0 heterocycles. The number of methoxy groups -OCH3 is 3. The van der Waals surface area contributed by atoms with Gasteiger partial charge in [0.25, 0.3) is 0 Å². The van der Waals surface area contributed by atoms with Gasteiger partial charge in [-0.25, -0.2) is 0 Å². The summed E-state index contributed by atoms with van der Waals surface area (Å²) in [5.74, 6) is 2.77. The topological polar surface area (TPSA) is 63.2 Å². The zero-order valence-corrected chi connectivity index (χ0v) is 20.4. The predicted octanol–water partition coefficient (Wildman–Crippen LogP) is 5.21. The average Bonchev–Trinajstić information content (AvgIpc) is 2.79. The average molecular weight is 448 g/mol. The van der Waals surface area contributed by atoms with Crippen molar-refractivity contribution in [3.63, 3.8) is 0 Å². The summed E-state index contributed by atoms with van der Waals surface area (Å²) in [6, 6.07) is 9.01. The van der Waals surface area contributed by atoms with Gasteiger partial charge in [0.15, 0.2) is 5.52 Å². The zero-order chi connectivity index (χ0) is 23.0. The van der Waals surface area contributed by atoms with Crippen LogP contribution in [-0.4, -0.2) is 39.1 Å². The van der Waals surface area contributed by atoms with Crippen molar-refractivity contribution in [1.29, 1.82) is 0 Å². The Bertz CT molecular complexity index is 857. The minimum absolute atomic E-state index is 0.0163. The zero-order valence-electron chi connectivity index (χ0n) is 19.4. The molecule has 0 bridgehead atoms. The molecule has 0 saturated carbocycles. The molecular formula is C24H33O6P. The summed E-state index contributed by atoms with van der Waals surface area (Å²) in [5.41, 5.74) is 0.277. The maximum absolute atomic E-state index is 13.3. The molecule has 0 N–H and O–H groups in total. The number of ether oxygens (including phenoxy) is 5. The molecule has 0 aliphatic heterocycles. The van der Waals surface area contributed by atoms with Crippen molar-refractivity contribution in [1.82, 2.24) is 0 Å². The lowest BCUT2D eigenvalue weighted by Crippen LogP contribution is -2.16. The maximum atomic E-state index is 13.3. The summed E-state index contributed by atoms with van der Waals surface area (Å²) in [5, 5.41) is 0.807. The van der Waals surface area contributed by atoms with Gasteiger partial charge in [0.2, 0.25) is 0 Å². The van der Waals surface area contributed by atoms with Crippen LogP contribution in [0.15, 0.2) is 30.3 Å². The fourth-order valence-electron chi connectivity index (χ4n) is 2.81. The van der Waals surface area contributed by atoms with E-state index >= 15 is 0 Å². The fraction of sp³-hybridized carbons (Fsp3) is 0.458. The smallest absolute Gasteiger partial charge is 0.193 e. The molecule has 0 saturated heterocycles. The van der Waals surface area contributed by atoms with Gasteiger partial charge in [0.05, 0.1) is 33.5 Å². The Morgan fingerprint density at radius 1 is 0.806 bits per heavy atom. The van der Waals surface area contributed by atoms with Gasteiger partial charge in [0.1, 0.15) is 34.3 Å². The van der Waals surface area contributed by atoms with Crippen molar-refractivity contribution in [2.45, 2.75) is 52.7 Å². The second-order valence-electron chi connectivity index (χ2n) is 7.19. The molecule has 0 amide bonds. The number of hydrogen-bond acceptors (Lipinski definition) is 6. The first-order valence-corrected chi connectivity index (χ1v) is 11.4. The Balaban J connectivity index is 2.41. The van der Waals surface area contributed by atoms with E-state index in [0.717, 1.165) is 23.9 Å². The van der Waals surface area contributed by atoms with Crippen molar-refractivity contribution in [2.75, 3.05) is 21.3 Å². The molecule has 7 heteroatoms. The van der Waals surface area contributed by atoms with Crippen LogP contribution in [0.4, 0.5) is 0 Å². The molecular weight excluding hydrogens is 415 g/mol. The highest BCUT2D eigenvalue weighted by Gasteiger charge is 2.22. The number of hydrogen-bond donors (Lipinski definition) is 0. The standard InChI is InChI=1S/C24H33O6P/c1-8-15(3)29-17-10-11-22(19(12-17)30-16(4)9-2)31-24(25)23-20(27-6)13-18(26-5)14-21(23)28-7/h10-16,31H,8-9H2,1-7H3. The van der Waals surface area contributed by atoms with E-state index in [1.807, 2.05) is 32.0 Å². The van der Waals surface area contributed by atoms with E-state index < -0.39 is 0 Å². The maximum Gasteiger partial charge on any atom is 0.193 e. The molecule has 0 fully saturated rings. The normalized spacial score (nSPS) is 13.0. The molecule has 2 aromatic rings. The van der Waals surface area contributed by atoms with Crippen LogP contribution in [0, 0.1) is 0 Å². The summed E-state index contributed by atoms with van der Waals surface area (Å²) in [4.78, 5) is 13.3. The van der Waals surface area contributed by atoms with Crippen molar-refractivity contribution < 1.29 is 28.5 Å². The van der Waals surface area contributed by atoms with Crippen molar-refractivity contribution in [3.05, 3.63) is 35.9 Å². The van der Waals surface area contributed by atoms with Gasteiger partial charge >= 0.3 is 0 Å². The van der Waals surface area contributed by atoms with Gasteiger partial charge in [-0.1, -0.05) is 13.8 Å². The Kier molecular flexibility index (Phi) is 9.44. The molecule has 0 aromatic heterocycles. The van der Waals surface area contributed by atoms with Crippen LogP contribution in [0.3, 0.4) is 0 Å². The van der Waals surface area contributed by atoms with Gasteiger partial charge in [-0.2, -0.15) is 0 Å². The molecule has 2 aromatic carbocycles. The molecule has 0 radical (unpaired) electrons. The van der Waals surface area contributed by atoms with Gasteiger partial charge in [0, 0.05) is 23.5 Å². The third-order valence-corrected chi connectivity index (χ3v) is 6.12. The van der Waals surface area contributed by atoms with Gasteiger partial charge in [-0.15, -0.1) is 0 Å². The first-order valence-electron chi connectivity index (χ1n) is 10.4. The summed E-state index contributed by atoms with van der Waals surface area (Å²) in [6.45, 7) is 8.17. The highest BCUT2D eigenvalue weighted by Crippen LogP contribution is 2.39. The Labute approximate surface area is 187 Å². The first kappa shape index (κ1) is 24.8. The molecule has 0 aliphatic rings. The van der Waals surface area contributed by atoms with Crippen molar-refractivity contribution in [3.8, 4) is 28.7 Å². The summed E-state index contributed by atoms with van der Waals surface area (Å²) >= 11 is 0. The summed E-state index contributed by atoms with van der Waals surface area (Å²) in [7, 11) is 4.42. The minimum Gasteiger partial charge on any atom is -0.496 e. The first-order chi connectivity index (χ1) is 14.9. The minimum atomic E-state index is -0.176. The highest BCUT2D eigenvalue weighted by atomic mass is 31.1. The molecule has 170 valence electrons. The highest BCUT2D eigenvalue weighted by molar-refractivity contribution is 7.66. The fourth-order valence-corrected chi connectivity index (χ4v) is 3.84. The Morgan fingerprint density at radius 3 is 1.87 bits per heavy atom. The van der Waals surface area contributed by atoms with Crippen molar-refractivity contribution in [2.24, 2.45) is 0 Å². The van der Waals surface area contributed by atoms with Crippen LogP contribution >= 0.6 is 8.58 Å². The lowest BCUT2D eigenvalue weighted by Gasteiger charge is -2.19. The van der Waals surface area contributed by atoms with E-state index in [-0.39, 0.29) is 26.3 Å². The quantitative estimate of drug-likeness (QED) is 0.415. The third-order valence-electron chi connectivity index (χ3n) is 4.96. The largest absolute Gasteiger partial charge is 0.496 e. The van der Waals surface area contributed by atoms with Gasteiger partial charge in [-0.05, 0) is 47.4 Å². The molecule has 0 aliphatic carbocycles. The lowest BCUT2D eigenvalue weighted by molar-refractivity contribution is 0.108. The Morgan fingerprint density at radius 2 is 1.35 bits per heavy atom. The molecule has 3 atom stereocenters. The number of carbonyl (C=O) groups is 1. The van der Waals surface area contributed by atoms with Crippen LogP contribution in [0.1, 0.15) is 50.9 Å². The molecule has 3 unspecified atom stereocenters. The van der Waals surface area contributed by atoms with Crippen LogP contribution in [-0.2, 0) is 0 Å². The number of benzene rings is 2. The lowest BCUT2D eigenvalue weighted by atomic mass is 10.2. The van der Waals surface area contributed by atoms with E-state index in [9.17, 15) is 4.79 Å². The van der Waals surface area contributed by atoms with Crippen LogP contribution in [0.2, 0.25) is 0 Å². The van der Waals surface area contributed by atoms with Gasteiger partial charge < -0.3 is 23.7 Å². The van der Waals surface area contributed by atoms with E-state index in [1.165, 1.54) is 14.2 Å². The number of carbonyl (C=O) groups excluding carboxylic acids is 1. The van der Waals surface area contributed by atoms with Crippen LogP contribution < -0.4 is 29.0 Å². The summed E-state index contributed by atoms with van der Waals surface area (Å²) in [6.07, 6.45) is 1.87. The van der Waals surface area contributed by atoms with Crippen molar-refractivity contribution >= 4 is 19.4 Å². The van der Waals surface area contributed by atoms with E-state index in [0.29, 0.717) is 28.6 Å². The van der Waals surface area contributed by atoms with E-state index in [2.05, 4.69) is 13.8 Å². The van der Waals surface area contributed by atoms with E-state index in [4.69, 9.17) is 23.7 Å². The molecule has 6 nitrogen and oxygen atoms in total. The summed E-state index contributed by atoms with van der Waals surface area (Å²) < 4.78 is 28.3. The third kappa shape index (κ3) is 6.51. The SMILES string of the molecule is CCC(C)Oc1ccc(PC(=O)c2c(OC)cc(OC)cc2OC)c(OC(C)CC)c1. The second-order valence-corrected chi connectivity index (χ2v) is 8.44. The van der Waals surface area contributed by atoms with E-state index in [1.54, 1.807) is 19.2 Å².